The van der Waals surface area contributed by atoms with Gasteiger partial charge in [0.25, 0.3) is 0 Å². The normalized spacial score (nSPS) is 28.8. The summed E-state index contributed by atoms with van der Waals surface area (Å²) >= 11 is 1.45. The predicted molar refractivity (Wildman–Crippen MR) is 79.9 cm³/mol. The van der Waals surface area contributed by atoms with Crippen molar-refractivity contribution in [3.05, 3.63) is 0 Å². The van der Waals surface area contributed by atoms with Crippen LogP contribution in [-0.4, -0.2) is 24.6 Å². The number of nitrogens with two attached hydrogens (primary N) is 1. The van der Waals surface area contributed by atoms with Gasteiger partial charge in [0, 0.05) is 13.6 Å². The van der Waals surface area contributed by atoms with Crippen molar-refractivity contribution < 1.29 is 4.74 Å². The summed E-state index contributed by atoms with van der Waals surface area (Å²) in [5, 5.41) is 1.09. The van der Waals surface area contributed by atoms with Crippen LogP contribution in [0.3, 0.4) is 0 Å². The largest absolute Gasteiger partial charge is 0.487 e. The Bertz CT molecular complexity index is 448. The van der Waals surface area contributed by atoms with Crippen molar-refractivity contribution in [2.24, 2.45) is 17.8 Å². The van der Waals surface area contributed by atoms with Crippen molar-refractivity contribution in [2.75, 3.05) is 30.8 Å². The van der Waals surface area contributed by atoms with Gasteiger partial charge in [-0.15, -0.1) is 0 Å². The number of fused-ring (bicyclic) bond motifs is 2. The molecular weight excluding hydrogens is 258 g/mol. The Hall–Kier alpha value is -0.970. The van der Waals surface area contributed by atoms with Crippen molar-refractivity contribution in [3.63, 3.8) is 0 Å². The van der Waals surface area contributed by atoms with Crippen LogP contribution in [0.1, 0.15) is 32.6 Å². The van der Waals surface area contributed by atoms with E-state index >= 15 is 0 Å². The maximum atomic E-state index is 5.88. The summed E-state index contributed by atoms with van der Waals surface area (Å²) in [6, 6.07) is 0. The average molecular weight is 281 g/mol. The second-order valence-electron chi connectivity index (χ2n) is 5.95. The molecule has 3 atom stereocenters. The Balaban J connectivity index is 1.68. The van der Waals surface area contributed by atoms with Crippen LogP contribution in [-0.2, 0) is 0 Å². The second kappa shape index (κ2) is 5.19. The molecule has 0 saturated heterocycles. The molecule has 2 N–H and O–H groups in total. The van der Waals surface area contributed by atoms with E-state index in [-0.39, 0.29) is 0 Å². The highest BCUT2D eigenvalue weighted by atomic mass is 32.1. The quantitative estimate of drug-likeness (QED) is 0.901. The maximum Gasteiger partial charge on any atom is 0.197 e. The van der Waals surface area contributed by atoms with E-state index in [0.717, 1.165) is 35.0 Å². The molecule has 2 aliphatic carbocycles. The third kappa shape index (κ3) is 2.40. The average Bonchev–Trinajstić information content (AvgIpc) is 3.07. The molecule has 2 aliphatic rings. The smallest absolute Gasteiger partial charge is 0.197 e. The van der Waals surface area contributed by atoms with Gasteiger partial charge in [-0.25, -0.2) is 0 Å². The van der Waals surface area contributed by atoms with Gasteiger partial charge >= 0.3 is 0 Å². The van der Waals surface area contributed by atoms with E-state index in [9.17, 15) is 0 Å². The summed E-state index contributed by atoms with van der Waals surface area (Å²) in [5.74, 6) is 4.11. The fraction of sp³-hybridized carbons (Fsp3) is 0.786. The summed E-state index contributed by atoms with van der Waals surface area (Å²) in [5.41, 5.74) is 5.88. The van der Waals surface area contributed by atoms with Gasteiger partial charge in [-0.05, 0) is 55.5 Å². The van der Waals surface area contributed by atoms with Gasteiger partial charge < -0.3 is 15.4 Å². The van der Waals surface area contributed by atoms with E-state index < -0.39 is 0 Å². The minimum Gasteiger partial charge on any atom is -0.487 e. The van der Waals surface area contributed by atoms with Crippen molar-refractivity contribution in [1.29, 1.82) is 0 Å². The molecule has 0 amide bonds. The van der Waals surface area contributed by atoms with Gasteiger partial charge in [0.2, 0.25) is 0 Å². The number of nitrogens with zero attached hydrogens (tertiary/aromatic N) is 2. The number of ether oxygens (including phenoxy) is 1. The summed E-state index contributed by atoms with van der Waals surface area (Å²) in [6.07, 6.45) is 5.77. The van der Waals surface area contributed by atoms with Crippen LogP contribution in [0.15, 0.2) is 0 Å². The van der Waals surface area contributed by atoms with Crippen LogP contribution in [0, 0.1) is 17.8 Å². The molecule has 0 spiro atoms. The molecule has 0 radical (unpaired) electrons. The first-order valence-electron chi connectivity index (χ1n) is 7.28. The highest BCUT2D eigenvalue weighted by Crippen LogP contribution is 2.49. The van der Waals surface area contributed by atoms with E-state index in [1.807, 2.05) is 6.92 Å². The zero-order valence-electron chi connectivity index (χ0n) is 11.8. The zero-order chi connectivity index (χ0) is 13.4. The summed E-state index contributed by atoms with van der Waals surface area (Å²) in [4.78, 5) is 2.30. The summed E-state index contributed by atoms with van der Waals surface area (Å²) < 4.78 is 9.87. The second-order valence-corrected chi connectivity index (χ2v) is 6.70. The fourth-order valence-corrected chi connectivity index (χ4v) is 4.57. The van der Waals surface area contributed by atoms with E-state index in [1.54, 1.807) is 0 Å². The molecule has 1 aromatic rings. The van der Waals surface area contributed by atoms with Crippen molar-refractivity contribution in [1.82, 2.24) is 4.37 Å². The number of hydrogen-bond acceptors (Lipinski definition) is 5. The highest BCUT2D eigenvalue weighted by Gasteiger charge is 2.40. The zero-order valence-corrected chi connectivity index (χ0v) is 12.6. The van der Waals surface area contributed by atoms with Gasteiger partial charge in [0.15, 0.2) is 16.6 Å². The molecular formula is C14H23N3OS. The number of hydrogen-bond donors (Lipinski definition) is 1. The number of anilines is 2. The number of rotatable bonds is 5. The Morgan fingerprint density at radius 3 is 2.89 bits per heavy atom. The van der Waals surface area contributed by atoms with Crippen LogP contribution in [0.25, 0.3) is 0 Å². The van der Waals surface area contributed by atoms with Gasteiger partial charge in [-0.1, -0.05) is 6.42 Å². The first kappa shape index (κ1) is 13.0. The SMILES string of the molecule is CCOc1c(N)nsc1N(C)CC1CC2CCC1C2. The lowest BCUT2D eigenvalue weighted by molar-refractivity contribution is 0.331. The van der Waals surface area contributed by atoms with Crippen molar-refractivity contribution in [2.45, 2.75) is 32.6 Å². The van der Waals surface area contributed by atoms with Crippen molar-refractivity contribution in [3.8, 4) is 5.75 Å². The molecule has 2 bridgehead atoms. The fourth-order valence-electron chi connectivity index (χ4n) is 3.84. The van der Waals surface area contributed by atoms with Gasteiger partial charge in [-0.3, -0.25) is 0 Å². The molecule has 1 aromatic heterocycles. The van der Waals surface area contributed by atoms with Crippen LogP contribution in [0.2, 0.25) is 0 Å². The molecule has 3 unspecified atom stereocenters. The van der Waals surface area contributed by atoms with E-state index in [4.69, 9.17) is 10.5 Å². The molecule has 1 heterocycles. The maximum absolute atomic E-state index is 5.88. The Labute approximate surface area is 119 Å². The Morgan fingerprint density at radius 1 is 1.42 bits per heavy atom. The Morgan fingerprint density at radius 2 is 2.26 bits per heavy atom. The van der Waals surface area contributed by atoms with Crippen molar-refractivity contribution >= 4 is 22.4 Å². The van der Waals surface area contributed by atoms with E-state index in [2.05, 4.69) is 16.3 Å². The van der Waals surface area contributed by atoms with Gasteiger partial charge in [-0.2, -0.15) is 4.37 Å². The standard InChI is InChI=1S/C14H23N3OS/c1-3-18-12-13(15)16-19-14(12)17(2)8-11-7-9-4-5-10(11)6-9/h9-11H,3-8H2,1-2H3,(H2,15,16). The first-order chi connectivity index (χ1) is 9.19. The minimum absolute atomic E-state index is 0.529. The third-order valence-corrected chi connectivity index (χ3v) is 5.64. The van der Waals surface area contributed by atoms with Crippen LogP contribution in [0.5, 0.6) is 5.75 Å². The lowest BCUT2D eigenvalue weighted by Gasteiger charge is -2.27. The molecule has 106 valence electrons. The van der Waals surface area contributed by atoms with Crippen LogP contribution < -0.4 is 15.4 Å². The lowest BCUT2D eigenvalue weighted by Crippen LogP contribution is -2.28. The molecule has 3 rings (SSSR count). The third-order valence-electron chi connectivity index (χ3n) is 4.69. The highest BCUT2D eigenvalue weighted by molar-refractivity contribution is 7.11. The molecule has 0 aliphatic heterocycles. The molecule has 2 fully saturated rings. The number of aromatic nitrogens is 1. The predicted octanol–water partition coefficient (Wildman–Crippen LogP) is 3.00. The topological polar surface area (TPSA) is 51.4 Å². The summed E-state index contributed by atoms with van der Waals surface area (Å²) in [6.45, 7) is 3.73. The van der Waals surface area contributed by atoms with Gasteiger partial charge in [0.1, 0.15) is 0 Å². The van der Waals surface area contributed by atoms with Crippen LogP contribution in [0.4, 0.5) is 10.8 Å². The molecule has 4 nitrogen and oxygen atoms in total. The molecule has 2 saturated carbocycles. The number of nitrogen functional groups attached to an aromatic ring is 1. The monoisotopic (exact) mass is 281 g/mol. The minimum atomic E-state index is 0.529. The molecule has 0 aromatic carbocycles. The first-order valence-corrected chi connectivity index (χ1v) is 8.05. The van der Waals surface area contributed by atoms with E-state index in [0.29, 0.717) is 12.4 Å². The van der Waals surface area contributed by atoms with Gasteiger partial charge in [0.05, 0.1) is 6.61 Å². The van der Waals surface area contributed by atoms with Crippen LogP contribution >= 0.6 is 11.5 Å². The lowest BCUT2D eigenvalue weighted by atomic mass is 9.88. The molecule has 19 heavy (non-hydrogen) atoms. The van der Waals surface area contributed by atoms with E-state index in [1.165, 1.54) is 37.2 Å². The Kier molecular flexibility index (Phi) is 3.56. The summed E-state index contributed by atoms with van der Waals surface area (Å²) in [7, 11) is 2.14. The molecule has 5 heteroatoms.